The minimum absolute atomic E-state index is 0.141. The Hall–Kier alpha value is -2.12. The SMILES string of the molecule is CNC(=O)CNC(=O)CNC(=O)CNC=O. The van der Waals surface area contributed by atoms with Gasteiger partial charge in [-0.25, -0.2) is 0 Å². The summed E-state index contributed by atoms with van der Waals surface area (Å²) in [7, 11) is 1.45. The Balaban J connectivity index is 3.60. The Labute approximate surface area is 92.1 Å². The fourth-order valence-electron chi connectivity index (χ4n) is 0.705. The number of hydrogen-bond acceptors (Lipinski definition) is 4. The number of nitrogens with one attached hydrogen (secondary N) is 4. The molecule has 0 heterocycles. The minimum atomic E-state index is -0.484. The fourth-order valence-corrected chi connectivity index (χ4v) is 0.705. The van der Waals surface area contributed by atoms with E-state index in [1.54, 1.807) is 0 Å². The van der Waals surface area contributed by atoms with Crippen LogP contribution in [0.2, 0.25) is 0 Å². The number of likely N-dealkylation sites (N-methyl/N-ethyl adjacent to an activating group) is 1. The maximum Gasteiger partial charge on any atom is 0.239 e. The van der Waals surface area contributed by atoms with Gasteiger partial charge in [-0.15, -0.1) is 0 Å². The number of carbonyl (C=O) groups excluding carboxylic acids is 4. The van der Waals surface area contributed by atoms with Crippen LogP contribution in [0.25, 0.3) is 0 Å². The summed E-state index contributed by atoms with van der Waals surface area (Å²) in [5.74, 6) is -1.30. The van der Waals surface area contributed by atoms with E-state index in [2.05, 4.69) is 21.3 Å². The average molecular weight is 230 g/mol. The fraction of sp³-hybridized carbons (Fsp3) is 0.500. The predicted octanol–water partition coefficient (Wildman–Crippen LogP) is -3.29. The van der Waals surface area contributed by atoms with Gasteiger partial charge in [0.05, 0.1) is 19.6 Å². The van der Waals surface area contributed by atoms with Crippen molar-refractivity contribution < 1.29 is 19.2 Å². The summed E-state index contributed by atoms with van der Waals surface area (Å²) >= 11 is 0. The van der Waals surface area contributed by atoms with E-state index in [1.807, 2.05) is 0 Å². The molecule has 0 saturated heterocycles. The Morgan fingerprint density at radius 3 is 1.94 bits per heavy atom. The lowest BCUT2D eigenvalue weighted by Gasteiger charge is -2.05. The Bertz CT molecular complexity index is 279. The van der Waals surface area contributed by atoms with Crippen LogP contribution in [0, 0.1) is 0 Å². The van der Waals surface area contributed by atoms with Crippen LogP contribution in [0.4, 0.5) is 0 Å². The van der Waals surface area contributed by atoms with Gasteiger partial charge >= 0.3 is 0 Å². The van der Waals surface area contributed by atoms with E-state index < -0.39 is 11.8 Å². The summed E-state index contributed by atoms with van der Waals surface area (Å²) in [6, 6.07) is 0. The first-order chi connectivity index (χ1) is 7.60. The summed E-state index contributed by atoms with van der Waals surface area (Å²) in [6.45, 7) is -0.569. The van der Waals surface area contributed by atoms with Crippen molar-refractivity contribution in [2.75, 3.05) is 26.7 Å². The van der Waals surface area contributed by atoms with Crippen molar-refractivity contribution in [2.45, 2.75) is 0 Å². The third kappa shape index (κ3) is 7.30. The van der Waals surface area contributed by atoms with Crippen molar-refractivity contribution in [1.82, 2.24) is 21.3 Å². The van der Waals surface area contributed by atoms with Gasteiger partial charge in [0.25, 0.3) is 0 Å². The molecule has 0 spiro atoms. The molecule has 4 N–H and O–H groups in total. The molecular formula is C8H14N4O4. The lowest BCUT2D eigenvalue weighted by Crippen LogP contribution is -2.43. The highest BCUT2D eigenvalue weighted by Crippen LogP contribution is 1.67. The second-order valence-electron chi connectivity index (χ2n) is 2.73. The highest BCUT2D eigenvalue weighted by atomic mass is 16.2. The van der Waals surface area contributed by atoms with Crippen molar-refractivity contribution in [3.8, 4) is 0 Å². The maximum atomic E-state index is 11.0. The molecule has 0 unspecified atom stereocenters. The number of hydrogen-bond donors (Lipinski definition) is 4. The first kappa shape index (κ1) is 13.9. The Morgan fingerprint density at radius 1 is 0.938 bits per heavy atom. The van der Waals surface area contributed by atoms with Gasteiger partial charge in [0.2, 0.25) is 24.1 Å². The lowest BCUT2D eigenvalue weighted by molar-refractivity contribution is -0.127. The van der Waals surface area contributed by atoms with Crippen LogP contribution >= 0.6 is 0 Å². The largest absolute Gasteiger partial charge is 0.358 e. The monoisotopic (exact) mass is 230 g/mol. The molecule has 0 radical (unpaired) electrons. The summed E-state index contributed by atoms with van der Waals surface area (Å²) in [4.78, 5) is 42.5. The van der Waals surface area contributed by atoms with Crippen LogP contribution in [0.1, 0.15) is 0 Å². The molecule has 0 aromatic heterocycles. The van der Waals surface area contributed by atoms with Gasteiger partial charge in [0, 0.05) is 7.05 Å². The number of amides is 4. The van der Waals surface area contributed by atoms with E-state index in [1.165, 1.54) is 7.05 Å². The molecule has 0 fully saturated rings. The van der Waals surface area contributed by atoms with Crippen molar-refractivity contribution in [2.24, 2.45) is 0 Å². The molecular weight excluding hydrogens is 216 g/mol. The van der Waals surface area contributed by atoms with Crippen LogP contribution < -0.4 is 21.3 Å². The number of rotatable bonds is 7. The van der Waals surface area contributed by atoms with Gasteiger partial charge < -0.3 is 21.3 Å². The third-order valence-electron chi connectivity index (χ3n) is 1.52. The molecule has 16 heavy (non-hydrogen) atoms. The van der Waals surface area contributed by atoms with E-state index >= 15 is 0 Å². The zero-order chi connectivity index (χ0) is 12.4. The van der Waals surface area contributed by atoms with Gasteiger partial charge in [-0.3, -0.25) is 19.2 Å². The van der Waals surface area contributed by atoms with Crippen LogP contribution in [0.3, 0.4) is 0 Å². The molecule has 8 heteroatoms. The zero-order valence-corrected chi connectivity index (χ0v) is 8.83. The molecule has 0 aromatic carbocycles. The van der Waals surface area contributed by atoms with E-state index in [-0.39, 0.29) is 25.5 Å². The first-order valence-electron chi connectivity index (χ1n) is 4.51. The van der Waals surface area contributed by atoms with Gasteiger partial charge in [-0.2, -0.15) is 0 Å². The molecule has 90 valence electrons. The third-order valence-corrected chi connectivity index (χ3v) is 1.52. The molecule has 0 aliphatic carbocycles. The normalized spacial score (nSPS) is 8.81. The smallest absolute Gasteiger partial charge is 0.239 e. The van der Waals surface area contributed by atoms with Gasteiger partial charge in [0.1, 0.15) is 0 Å². The molecule has 0 saturated carbocycles. The van der Waals surface area contributed by atoms with Gasteiger partial charge in [-0.1, -0.05) is 0 Å². The van der Waals surface area contributed by atoms with Crippen LogP contribution in [0.5, 0.6) is 0 Å². The highest BCUT2D eigenvalue weighted by molar-refractivity contribution is 5.88. The lowest BCUT2D eigenvalue weighted by atomic mass is 10.5. The highest BCUT2D eigenvalue weighted by Gasteiger charge is 2.05. The summed E-state index contributed by atoms with van der Waals surface area (Å²) < 4.78 is 0. The molecule has 0 aliphatic heterocycles. The van der Waals surface area contributed by atoms with Crippen molar-refractivity contribution in [1.29, 1.82) is 0 Å². The topological polar surface area (TPSA) is 116 Å². The summed E-state index contributed by atoms with van der Waals surface area (Å²) in [6.07, 6.45) is 0.380. The van der Waals surface area contributed by atoms with E-state index in [0.717, 1.165) is 0 Å². The van der Waals surface area contributed by atoms with Gasteiger partial charge in [-0.05, 0) is 0 Å². The van der Waals surface area contributed by atoms with Crippen LogP contribution in [-0.4, -0.2) is 50.8 Å². The Kier molecular flexibility index (Phi) is 7.12. The van der Waals surface area contributed by atoms with Crippen LogP contribution in [0.15, 0.2) is 0 Å². The predicted molar refractivity (Wildman–Crippen MR) is 54.2 cm³/mol. The van der Waals surface area contributed by atoms with E-state index in [9.17, 15) is 19.2 Å². The molecule has 0 aromatic rings. The first-order valence-corrected chi connectivity index (χ1v) is 4.51. The van der Waals surface area contributed by atoms with Crippen molar-refractivity contribution >= 4 is 24.1 Å². The summed E-state index contributed by atoms with van der Waals surface area (Å²) in [5, 5.41) is 9.01. The van der Waals surface area contributed by atoms with Crippen LogP contribution in [-0.2, 0) is 19.2 Å². The second kappa shape index (κ2) is 8.21. The Morgan fingerprint density at radius 2 is 1.44 bits per heavy atom. The number of carbonyl (C=O) groups is 4. The minimum Gasteiger partial charge on any atom is -0.358 e. The zero-order valence-electron chi connectivity index (χ0n) is 8.83. The quantitative estimate of drug-likeness (QED) is 0.343. The van der Waals surface area contributed by atoms with E-state index in [0.29, 0.717) is 6.41 Å². The van der Waals surface area contributed by atoms with E-state index in [4.69, 9.17) is 0 Å². The molecule has 0 rings (SSSR count). The maximum absolute atomic E-state index is 11.0. The molecule has 8 nitrogen and oxygen atoms in total. The average Bonchev–Trinajstić information content (AvgIpc) is 2.30. The second-order valence-corrected chi connectivity index (χ2v) is 2.73. The molecule has 0 bridgehead atoms. The molecule has 4 amide bonds. The standard InChI is InChI=1S/C8H14N4O4/c1-9-6(14)3-11-8(16)4-12-7(15)2-10-5-13/h5H,2-4H2,1H3,(H,9,14)(H,10,13)(H,11,16)(H,12,15). The summed E-state index contributed by atoms with van der Waals surface area (Å²) in [5.41, 5.74) is 0. The molecule has 0 atom stereocenters. The van der Waals surface area contributed by atoms with Crippen molar-refractivity contribution in [3.05, 3.63) is 0 Å². The van der Waals surface area contributed by atoms with Gasteiger partial charge in [0.15, 0.2) is 0 Å². The molecule has 0 aliphatic rings. The van der Waals surface area contributed by atoms with Crippen molar-refractivity contribution in [3.63, 3.8) is 0 Å².